The molecule has 7 aromatic carbocycles. The number of carbonyl (C=O) groups is 8. The number of aldehydes is 1. The molecule has 21 nitrogen and oxygen atoms in total. The molecule has 0 aliphatic heterocycles. The van der Waals surface area contributed by atoms with E-state index in [9.17, 15) is 43.5 Å². The van der Waals surface area contributed by atoms with Crippen LogP contribution >= 0.6 is 11.6 Å². The highest BCUT2D eigenvalue weighted by molar-refractivity contribution is 6.33. The van der Waals surface area contributed by atoms with Gasteiger partial charge in [-0.3, -0.25) is 24.0 Å². The second-order valence-corrected chi connectivity index (χ2v) is 31.3. The number of carboxylic acid groups (broad SMARTS) is 1. The Balaban J connectivity index is 0.000000237. The SMILES string of the molecule is CC(=O)c1cc2ccccc2nc1Cl.COc1nc2ccccc2cc1C(=O)/C=C/c1cc(C)c(OC(C)(C)C(=O)O)c(C)c1.COc1nc2ccccc2cc1C(=O)/C=C/c1cc(C)c(OC(C)(C)C(=O)OC(C)(C)C)c(C)c1.COc1nc2ccccc2cc1C(C)=O.Cc1cc(C=O)cc(C)c1OC(C)(C)C(=O)OC(C)(C)C.[3H]C. The predicted molar refractivity (Wildman–Crippen MR) is 462 cm³/mol. The third-order valence-corrected chi connectivity index (χ3v) is 17.7. The maximum absolute atomic E-state index is 13.0. The monoisotopic (exact) mass is 1610 g/mol. The number of benzene rings is 7. The maximum atomic E-state index is 13.0. The molecule has 0 spiro atoms. The van der Waals surface area contributed by atoms with Crippen LogP contribution in [0.25, 0.3) is 55.8 Å². The number of para-hydroxylation sites is 4. The number of allylic oxidation sites excluding steroid dienone is 2. The quantitative estimate of drug-likeness (QED) is 0.0230. The van der Waals surface area contributed by atoms with Gasteiger partial charge in [0.05, 0.1) is 65.7 Å². The number of carbonyl (C=O) groups excluding carboxylic acids is 7. The minimum Gasteiger partial charge on any atom is -0.480 e. The van der Waals surface area contributed by atoms with Crippen LogP contribution in [-0.2, 0) is 23.9 Å². The number of ether oxygens (including phenoxy) is 8. The van der Waals surface area contributed by atoms with E-state index in [0.29, 0.717) is 56.8 Å². The molecule has 0 saturated heterocycles. The van der Waals surface area contributed by atoms with E-state index in [1.165, 1.54) is 68.6 Å². The van der Waals surface area contributed by atoms with Gasteiger partial charge >= 0.3 is 17.9 Å². The molecule has 0 bridgehead atoms. The first kappa shape index (κ1) is 91.7. The summed E-state index contributed by atoms with van der Waals surface area (Å²) in [7, 11) is 5.76. The summed E-state index contributed by atoms with van der Waals surface area (Å²) >= 11 is 5.87. The van der Waals surface area contributed by atoms with Crippen LogP contribution in [0.4, 0.5) is 0 Å². The molecule has 0 radical (unpaired) electrons. The first-order chi connectivity index (χ1) is 55.3. The van der Waals surface area contributed by atoms with Gasteiger partial charge in [-0.15, -0.1) is 0 Å². The van der Waals surface area contributed by atoms with Gasteiger partial charge in [-0.1, -0.05) is 104 Å². The van der Waals surface area contributed by atoms with Gasteiger partial charge in [-0.25, -0.2) is 34.3 Å². The fourth-order valence-electron chi connectivity index (χ4n) is 11.6. The average molecular weight is 1610 g/mol. The first-order valence-corrected chi connectivity index (χ1v) is 37.6. The third-order valence-electron chi connectivity index (χ3n) is 17.4. The zero-order valence-electron chi connectivity index (χ0n) is 72.0. The highest BCUT2D eigenvalue weighted by Crippen LogP contribution is 2.35. The molecule has 4 heterocycles. The number of aliphatic carboxylic acids is 1. The van der Waals surface area contributed by atoms with E-state index in [1.54, 1.807) is 70.2 Å². The molecule has 117 heavy (non-hydrogen) atoms. The molecular formula is C95H105ClN4O17. The van der Waals surface area contributed by atoms with Crippen LogP contribution in [0.2, 0.25) is 5.15 Å². The highest BCUT2D eigenvalue weighted by atomic mass is 35.5. The Morgan fingerprint density at radius 2 is 0.658 bits per heavy atom. The summed E-state index contributed by atoms with van der Waals surface area (Å²) in [6.45, 7) is 34.8. The van der Waals surface area contributed by atoms with Crippen molar-refractivity contribution in [1.82, 2.24) is 19.9 Å². The van der Waals surface area contributed by atoms with E-state index in [-0.39, 0.29) is 34.2 Å². The lowest BCUT2D eigenvalue weighted by molar-refractivity contribution is -0.171. The number of rotatable bonds is 21. The lowest BCUT2D eigenvalue weighted by Gasteiger charge is -2.30. The first-order valence-electron chi connectivity index (χ1n) is 38.2. The number of hydrogen-bond donors (Lipinski definition) is 1. The van der Waals surface area contributed by atoms with E-state index >= 15 is 0 Å². The van der Waals surface area contributed by atoms with Crippen molar-refractivity contribution in [3.8, 4) is 34.9 Å². The fraction of sp³-hybridized carbons (Fsp3) is 0.305. The maximum Gasteiger partial charge on any atom is 0.350 e. The van der Waals surface area contributed by atoms with Crippen molar-refractivity contribution >= 4 is 115 Å². The molecule has 0 aliphatic rings. The summed E-state index contributed by atoms with van der Waals surface area (Å²) in [4.78, 5) is 113. The Morgan fingerprint density at radius 1 is 0.393 bits per heavy atom. The molecule has 22 heteroatoms. The number of esters is 2. The van der Waals surface area contributed by atoms with Gasteiger partial charge in [0.1, 0.15) is 39.9 Å². The van der Waals surface area contributed by atoms with Crippen molar-refractivity contribution < 1.29 is 82.7 Å². The number of pyridine rings is 4. The summed E-state index contributed by atoms with van der Waals surface area (Å²) in [6, 6.07) is 48.4. The second-order valence-electron chi connectivity index (χ2n) is 31.0. The molecule has 4 aromatic heterocycles. The molecule has 0 atom stereocenters. The molecule has 11 rings (SSSR count). The van der Waals surface area contributed by atoms with E-state index in [4.69, 9.17) is 50.9 Å². The topological polar surface area (TPSA) is 282 Å². The van der Waals surface area contributed by atoms with Gasteiger partial charge in [0.2, 0.25) is 17.6 Å². The Hall–Kier alpha value is -12.5. The van der Waals surface area contributed by atoms with Crippen molar-refractivity contribution in [2.24, 2.45) is 0 Å². The van der Waals surface area contributed by atoms with Gasteiger partial charge < -0.3 is 43.0 Å². The number of fused-ring (bicyclic) bond motifs is 4. The highest BCUT2D eigenvalue weighted by Gasteiger charge is 2.38. The van der Waals surface area contributed by atoms with Crippen molar-refractivity contribution in [3.63, 3.8) is 0 Å². The minimum atomic E-state index is -1.34. The lowest BCUT2D eigenvalue weighted by atomic mass is 10.0. The summed E-state index contributed by atoms with van der Waals surface area (Å²) in [6.07, 6.45) is 7.24. The van der Waals surface area contributed by atoms with Gasteiger partial charge in [-0.05, 0) is 280 Å². The Bertz CT molecular complexity index is 5550. The zero-order valence-corrected chi connectivity index (χ0v) is 71.8. The van der Waals surface area contributed by atoms with E-state index in [1.807, 2.05) is 210 Å². The number of carboxylic acids is 1. The number of aromatic nitrogens is 4. The number of nitrogens with zero attached hydrogens (tertiary/aromatic N) is 4. The molecule has 0 aliphatic carbocycles. The van der Waals surface area contributed by atoms with Crippen LogP contribution in [0.5, 0.6) is 34.9 Å². The summed E-state index contributed by atoms with van der Waals surface area (Å²) in [5.41, 5.74) is 7.28. The van der Waals surface area contributed by atoms with Gasteiger partial charge in [0.15, 0.2) is 39.9 Å². The predicted octanol–water partition coefficient (Wildman–Crippen LogP) is 21.0. The van der Waals surface area contributed by atoms with Crippen LogP contribution in [0.3, 0.4) is 0 Å². The average Bonchev–Trinajstić information content (AvgIpc) is 0.832. The van der Waals surface area contributed by atoms with Gasteiger partial charge in [0.25, 0.3) is 0 Å². The minimum absolute atomic E-state index is 0.0369. The molecule has 0 fully saturated rings. The Kier molecular flexibility index (Phi) is 31.1. The van der Waals surface area contributed by atoms with Crippen molar-refractivity contribution in [2.75, 3.05) is 21.3 Å². The molecular weight excluding hydrogens is 1500 g/mol. The zero-order chi connectivity index (χ0) is 88.1. The molecule has 0 unspecified atom stereocenters. The number of methoxy groups -OCH3 is 3. The Morgan fingerprint density at radius 3 is 0.940 bits per heavy atom. The van der Waals surface area contributed by atoms with Crippen LogP contribution in [0, 0.1) is 41.5 Å². The lowest BCUT2D eigenvalue weighted by Crippen LogP contribution is -2.43. The van der Waals surface area contributed by atoms with Crippen LogP contribution in [0.1, 0.15) is 202 Å². The van der Waals surface area contributed by atoms with E-state index < -0.39 is 45.9 Å². The van der Waals surface area contributed by atoms with Gasteiger partial charge in [-0.2, -0.15) is 0 Å². The molecule has 0 amide bonds. The smallest absolute Gasteiger partial charge is 0.350 e. The number of hydrogen-bond acceptors (Lipinski definition) is 20. The molecule has 1 N–H and O–H groups in total. The van der Waals surface area contributed by atoms with E-state index in [0.717, 1.165) is 94.4 Å². The summed E-state index contributed by atoms with van der Waals surface area (Å²) in [5.74, 6) is 0.277. The van der Waals surface area contributed by atoms with Crippen LogP contribution < -0.4 is 28.4 Å². The fourth-order valence-corrected chi connectivity index (χ4v) is 11.9. The molecule has 614 valence electrons. The number of Topliss-reactive ketones (excluding diaryl/α,β-unsaturated/α-hetero) is 2. The van der Waals surface area contributed by atoms with Gasteiger partial charge in [0, 0.05) is 28.5 Å². The van der Waals surface area contributed by atoms with Crippen LogP contribution in [-0.4, -0.2) is 122 Å². The second kappa shape index (κ2) is 39.7. The summed E-state index contributed by atoms with van der Waals surface area (Å²) in [5, 5.41) is 13.2. The summed E-state index contributed by atoms with van der Waals surface area (Å²) < 4.78 is 50.1. The Labute approximate surface area is 691 Å². The largest absolute Gasteiger partial charge is 0.480 e. The number of ketones is 4. The van der Waals surface area contributed by atoms with Crippen molar-refractivity contribution in [2.45, 2.75) is 174 Å². The standard InChI is InChI=1S/C29H33NO5.C25H25NO5.C17H24O4.C12H11NO2.C11H8ClNO.CH4/c1-18-15-20(16-19(2)25(18)34-29(6,7)27(32)35-28(3,4)5)13-14-24(31)22-17-21-11-9-10-12-23(21)30-26(22)33-8;1-15-12-17(13-16(2)22(15)31-25(3,4)24(28)29)10-11-21(27)19-14-18-8-6-7-9-20(18)26-23(19)30-5;1-11-8-13(10-18)9-12(2)14(11)20-17(6,7)15(19)21-16(3,4)5;1-8(14)10-7-9-5-3-4-6-11(9)13-12(10)15-2;1-7(14)9-6-8-4-2-3-5-10(8)13-11(9)12;/h9-17H,1-8H3;6-14H,1-5H3,(H,28,29);8-10H,1-7H3;3-7H,1-2H3;2-6H,1H3;1H4/b14-13+;11-10+;;;;/i;;;;;1T. The normalized spacial score (nSPS) is 11.5. The third kappa shape index (κ3) is 25.5. The van der Waals surface area contributed by atoms with Crippen LogP contribution in [0.15, 0.2) is 170 Å². The number of aryl methyl sites for hydroxylation is 6. The number of halogens is 1. The molecule has 11 aromatic rings. The van der Waals surface area contributed by atoms with E-state index in [2.05, 4.69) is 19.9 Å². The van der Waals surface area contributed by atoms with Crippen molar-refractivity contribution in [3.05, 3.63) is 247 Å². The van der Waals surface area contributed by atoms with Crippen molar-refractivity contribution in [1.29, 1.82) is 0 Å². The molecule has 0 saturated carbocycles.